The van der Waals surface area contributed by atoms with Crippen LogP contribution in [0.25, 0.3) is 0 Å². The lowest BCUT2D eigenvalue weighted by Crippen LogP contribution is -2.42. The van der Waals surface area contributed by atoms with Gasteiger partial charge < -0.3 is 0 Å². The van der Waals surface area contributed by atoms with E-state index in [4.69, 9.17) is 10.1 Å². The molecular formula is C14H26N4O2S2. The van der Waals surface area contributed by atoms with Crippen molar-refractivity contribution in [2.45, 2.75) is 45.6 Å². The second kappa shape index (κ2) is 6.92. The SMILES string of the molecule is CC(C)(C)c1csc(CN2CCC[C@H](CNS(N)(=O)=O)C2)n1. The van der Waals surface area contributed by atoms with Crippen molar-refractivity contribution < 1.29 is 8.42 Å². The quantitative estimate of drug-likeness (QED) is 0.844. The van der Waals surface area contributed by atoms with Gasteiger partial charge in [0, 0.05) is 23.9 Å². The van der Waals surface area contributed by atoms with Crippen LogP contribution in [0, 0.1) is 5.92 Å². The Labute approximate surface area is 137 Å². The molecule has 1 saturated heterocycles. The van der Waals surface area contributed by atoms with Crippen LogP contribution in [0.3, 0.4) is 0 Å². The molecule has 0 bridgehead atoms. The van der Waals surface area contributed by atoms with Crippen LogP contribution in [0.5, 0.6) is 0 Å². The molecule has 2 rings (SSSR count). The maximum atomic E-state index is 11.0. The first-order valence-electron chi connectivity index (χ1n) is 7.58. The number of aromatic nitrogens is 1. The Morgan fingerprint density at radius 2 is 2.23 bits per heavy atom. The Balaban J connectivity index is 1.89. The molecule has 3 N–H and O–H groups in total. The summed E-state index contributed by atoms with van der Waals surface area (Å²) in [7, 11) is -3.59. The number of nitrogens with two attached hydrogens (primary N) is 1. The summed E-state index contributed by atoms with van der Waals surface area (Å²) in [4.78, 5) is 7.08. The Kier molecular flexibility index (Phi) is 5.60. The predicted octanol–water partition coefficient (Wildman–Crippen LogP) is 1.45. The van der Waals surface area contributed by atoms with Gasteiger partial charge in [0.15, 0.2) is 0 Å². The van der Waals surface area contributed by atoms with Gasteiger partial charge in [0.2, 0.25) is 0 Å². The van der Waals surface area contributed by atoms with Gasteiger partial charge in [0.25, 0.3) is 10.2 Å². The summed E-state index contributed by atoms with van der Waals surface area (Å²) in [5, 5.41) is 8.26. The molecule has 8 heteroatoms. The van der Waals surface area contributed by atoms with Crippen LogP contribution in [0.15, 0.2) is 5.38 Å². The minimum atomic E-state index is -3.59. The van der Waals surface area contributed by atoms with E-state index in [9.17, 15) is 8.42 Å². The molecule has 0 amide bonds. The summed E-state index contributed by atoms with van der Waals surface area (Å²) >= 11 is 1.70. The van der Waals surface area contributed by atoms with Gasteiger partial charge in [-0.2, -0.15) is 8.42 Å². The van der Waals surface area contributed by atoms with Crippen LogP contribution in [0.4, 0.5) is 0 Å². The second-order valence-corrected chi connectivity index (χ2v) is 9.33. The van der Waals surface area contributed by atoms with E-state index < -0.39 is 10.2 Å². The lowest BCUT2D eigenvalue weighted by atomic mass is 9.93. The number of thiazole rings is 1. The fraction of sp³-hybridized carbons (Fsp3) is 0.786. The number of rotatable bonds is 5. The molecule has 1 atom stereocenters. The third-order valence-corrected chi connectivity index (χ3v) is 5.26. The molecule has 0 radical (unpaired) electrons. The van der Waals surface area contributed by atoms with Crippen molar-refractivity contribution in [3.05, 3.63) is 16.1 Å². The molecule has 1 aliphatic rings. The highest BCUT2D eigenvalue weighted by Crippen LogP contribution is 2.25. The first-order valence-corrected chi connectivity index (χ1v) is 10.0. The third kappa shape index (κ3) is 5.58. The van der Waals surface area contributed by atoms with Crippen molar-refractivity contribution in [1.82, 2.24) is 14.6 Å². The van der Waals surface area contributed by atoms with Crippen molar-refractivity contribution >= 4 is 21.5 Å². The Bertz CT molecular complexity index is 592. The van der Waals surface area contributed by atoms with Gasteiger partial charge in [-0.1, -0.05) is 20.8 Å². The van der Waals surface area contributed by atoms with Crippen LogP contribution in [0.1, 0.15) is 44.3 Å². The molecule has 0 unspecified atom stereocenters. The van der Waals surface area contributed by atoms with E-state index in [-0.39, 0.29) is 5.41 Å². The summed E-state index contributed by atoms with van der Waals surface area (Å²) in [6.07, 6.45) is 2.11. The fourth-order valence-corrected chi connectivity index (χ4v) is 4.14. The minimum Gasteiger partial charge on any atom is -0.296 e. The van der Waals surface area contributed by atoms with Crippen molar-refractivity contribution in [3.63, 3.8) is 0 Å². The molecule has 6 nitrogen and oxygen atoms in total. The number of nitrogens with zero attached hydrogens (tertiary/aromatic N) is 2. The highest BCUT2D eigenvalue weighted by atomic mass is 32.2. The van der Waals surface area contributed by atoms with E-state index in [0.29, 0.717) is 12.5 Å². The smallest absolute Gasteiger partial charge is 0.274 e. The highest BCUT2D eigenvalue weighted by molar-refractivity contribution is 7.87. The molecule has 22 heavy (non-hydrogen) atoms. The minimum absolute atomic E-state index is 0.0819. The fourth-order valence-electron chi connectivity index (χ4n) is 2.61. The number of piperidine rings is 1. The molecule has 1 aromatic rings. The Morgan fingerprint density at radius 1 is 1.50 bits per heavy atom. The zero-order valence-corrected chi connectivity index (χ0v) is 15.1. The lowest BCUT2D eigenvalue weighted by molar-refractivity contribution is 0.168. The zero-order chi connectivity index (χ0) is 16.4. The standard InChI is InChI=1S/C14H26N4O2S2/c1-14(2,3)12-10-21-13(17-12)9-18-6-4-5-11(8-18)7-16-22(15,19)20/h10-11,16H,4-9H2,1-3H3,(H2,15,19,20)/t11-/m1/s1. The van der Waals surface area contributed by atoms with E-state index in [0.717, 1.165) is 43.2 Å². The van der Waals surface area contributed by atoms with E-state index in [1.54, 1.807) is 11.3 Å². The van der Waals surface area contributed by atoms with Crippen LogP contribution < -0.4 is 9.86 Å². The molecule has 0 spiro atoms. The van der Waals surface area contributed by atoms with Gasteiger partial charge in [-0.15, -0.1) is 11.3 Å². The third-order valence-electron chi connectivity index (χ3n) is 3.86. The largest absolute Gasteiger partial charge is 0.296 e. The molecule has 2 heterocycles. The van der Waals surface area contributed by atoms with E-state index in [1.807, 2.05) is 0 Å². The second-order valence-electron chi connectivity index (χ2n) is 7.01. The van der Waals surface area contributed by atoms with Crippen LogP contribution in [-0.4, -0.2) is 37.9 Å². The average molecular weight is 347 g/mol. The molecule has 1 aromatic heterocycles. The Hall–Kier alpha value is -0.540. The molecule has 0 aliphatic carbocycles. The molecule has 0 aromatic carbocycles. The molecule has 0 saturated carbocycles. The van der Waals surface area contributed by atoms with Crippen molar-refractivity contribution in [3.8, 4) is 0 Å². The van der Waals surface area contributed by atoms with Crippen LogP contribution in [-0.2, 0) is 22.2 Å². The molecule has 1 fully saturated rings. The van der Waals surface area contributed by atoms with Gasteiger partial charge in [0.1, 0.15) is 5.01 Å². The van der Waals surface area contributed by atoms with Crippen molar-refractivity contribution in [1.29, 1.82) is 0 Å². The lowest BCUT2D eigenvalue weighted by Gasteiger charge is -2.32. The van der Waals surface area contributed by atoms with Crippen molar-refractivity contribution in [2.75, 3.05) is 19.6 Å². The van der Waals surface area contributed by atoms with Crippen LogP contribution >= 0.6 is 11.3 Å². The summed E-state index contributed by atoms with van der Waals surface area (Å²) < 4.78 is 24.4. The van der Waals surface area contributed by atoms with Gasteiger partial charge in [-0.3, -0.25) is 4.90 Å². The summed E-state index contributed by atoms with van der Waals surface area (Å²) in [5.74, 6) is 0.314. The Morgan fingerprint density at radius 3 is 2.82 bits per heavy atom. The zero-order valence-electron chi connectivity index (χ0n) is 13.5. The van der Waals surface area contributed by atoms with Crippen LogP contribution in [0.2, 0.25) is 0 Å². The molecule has 1 aliphatic heterocycles. The van der Waals surface area contributed by atoms with Gasteiger partial charge in [-0.05, 0) is 25.3 Å². The summed E-state index contributed by atoms with van der Waals surface area (Å²) in [6, 6.07) is 0. The monoisotopic (exact) mass is 346 g/mol. The van der Waals surface area contributed by atoms with E-state index >= 15 is 0 Å². The van der Waals surface area contributed by atoms with Gasteiger partial charge >= 0.3 is 0 Å². The topological polar surface area (TPSA) is 88.3 Å². The highest BCUT2D eigenvalue weighted by Gasteiger charge is 2.23. The van der Waals surface area contributed by atoms with Crippen molar-refractivity contribution in [2.24, 2.45) is 11.1 Å². The van der Waals surface area contributed by atoms with Gasteiger partial charge in [0.05, 0.1) is 12.2 Å². The number of hydrogen-bond acceptors (Lipinski definition) is 5. The number of nitrogens with one attached hydrogen (secondary N) is 1. The maximum absolute atomic E-state index is 11.0. The first kappa shape index (κ1) is 17.8. The first-order chi connectivity index (χ1) is 10.1. The van der Waals surface area contributed by atoms with E-state index in [2.05, 4.69) is 35.8 Å². The molecule has 126 valence electrons. The maximum Gasteiger partial charge on any atom is 0.274 e. The van der Waals surface area contributed by atoms with Gasteiger partial charge in [-0.25, -0.2) is 14.8 Å². The summed E-state index contributed by atoms with van der Waals surface area (Å²) in [6.45, 7) is 9.68. The average Bonchev–Trinajstić information content (AvgIpc) is 2.84. The predicted molar refractivity (Wildman–Crippen MR) is 89.9 cm³/mol. The summed E-state index contributed by atoms with van der Waals surface area (Å²) in [5.41, 5.74) is 1.22. The normalized spacial score (nSPS) is 21.2. The molecular weight excluding hydrogens is 320 g/mol. The number of likely N-dealkylation sites (tertiary alicyclic amines) is 1. The van der Waals surface area contributed by atoms with E-state index in [1.165, 1.54) is 0 Å². The number of hydrogen-bond donors (Lipinski definition) is 2.